The standard InChI is InChI=1S/C18H26BrNO2/c1-3-5-7-14-9-10-15(8-6-4-2)17(11-14)20-18(22)12-16(21)13-19/h9-11H,3-8,12-13H2,1-2H3,(H,20,22). The van der Waals surface area contributed by atoms with Crippen molar-refractivity contribution < 1.29 is 9.59 Å². The van der Waals surface area contributed by atoms with Gasteiger partial charge in [-0.15, -0.1) is 0 Å². The highest BCUT2D eigenvalue weighted by molar-refractivity contribution is 9.09. The van der Waals surface area contributed by atoms with Crippen molar-refractivity contribution in [2.75, 3.05) is 10.6 Å². The second-order valence-electron chi connectivity index (χ2n) is 5.60. The van der Waals surface area contributed by atoms with Gasteiger partial charge in [-0.3, -0.25) is 9.59 Å². The maximum atomic E-state index is 12.0. The fourth-order valence-corrected chi connectivity index (χ4v) is 2.48. The first-order valence-corrected chi connectivity index (χ1v) is 9.22. The molecule has 0 aromatic heterocycles. The molecule has 122 valence electrons. The predicted octanol–water partition coefficient (Wildman–Crippen LogP) is 4.66. The van der Waals surface area contributed by atoms with Crippen molar-refractivity contribution in [3.8, 4) is 0 Å². The molecule has 0 aliphatic heterocycles. The van der Waals surface area contributed by atoms with Crippen molar-refractivity contribution in [1.82, 2.24) is 0 Å². The molecule has 0 aliphatic carbocycles. The van der Waals surface area contributed by atoms with E-state index < -0.39 is 0 Å². The predicted molar refractivity (Wildman–Crippen MR) is 95.7 cm³/mol. The monoisotopic (exact) mass is 367 g/mol. The normalized spacial score (nSPS) is 10.5. The topological polar surface area (TPSA) is 46.2 Å². The van der Waals surface area contributed by atoms with Crippen LogP contribution in [-0.2, 0) is 22.4 Å². The van der Waals surface area contributed by atoms with Crippen LogP contribution in [0.2, 0.25) is 0 Å². The highest BCUT2D eigenvalue weighted by Crippen LogP contribution is 2.21. The molecule has 1 amide bonds. The third kappa shape index (κ3) is 6.73. The molecule has 0 unspecified atom stereocenters. The summed E-state index contributed by atoms with van der Waals surface area (Å²) in [5, 5.41) is 3.14. The van der Waals surface area contributed by atoms with E-state index in [1.807, 2.05) is 0 Å². The first-order valence-electron chi connectivity index (χ1n) is 8.10. The molecule has 4 heteroatoms. The molecule has 1 aromatic carbocycles. The summed E-state index contributed by atoms with van der Waals surface area (Å²) in [6.07, 6.45) is 6.41. The molecule has 0 aliphatic rings. The zero-order valence-corrected chi connectivity index (χ0v) is 15.2. The van der Waals surface area contributed by atoms with Crippen molar-refractivity contribution in [3.05, 3.63) is 29.3 Å². The Labute approximate surface area is 142 Å². The average Bonchev–Trinajstić information content (AvgIpc) is 2.51. The molecule has 22 heavy (non-hydrogen) atoms. The summed E-state index contributed by atoms with van der Waals surface area (Å²) in [4.78, 5) is 23.4. The summed E-state index contributed by atoms with van der Waals surface area (Å²) in [6.45, 7) is 4.33. The third-order valence-electron chi connectivity index (χ3n) is 3.57. The minimum absolute atomic E-state index is 0.0718. The Kier molecular flexibility index (Phi) is 9.05. The molecule has 0 fully saturated rings. The minimum Gasteiger partial charge on any atom is -0.325 e. The van der Waals surface area contributed by atoms with Gasteiger partial charge in [0.15, 0.2) is 5.78 Å². The molecule has 0 saturated carbocycles. The molecule has 1 aromatic rings. The van der Waals surface area contributed by atoms with E-state index in [1.54, 1.807) is 0 Å². The highest BCUT2D eigenvalue weighted by Gasteiger charge is 2.11. The van der Waals surface area contributed by atoms with Crippen molar-refractivity contribution in [2.45, 2.75) is 58.8 Å². The number of carbonyl (C=O) groups is 2. The molecule has 0 atom stereocenters. The van der Waals surface area contributed by atoms with Crippen LogP contribution in [0.5, 0.6) is 0 Å². The SMILES string of the molecule is CCCCc1ccc(CCCC)c(NC(=O)CC(=O)CBr)c1. The quantitative estimate of drug-likeness (QED) is 0.482. The number of anilines is 1. The molecule has 0 spiro atoms. The Morgan fingerprint density at radius 2 is 1.77 bits per heavy atom. The maximum absolute atomic E-state index is 12.0. The lowest BCUT2D eigenvalue weighted by Crippen LogP contribution is -2.18. The Balaban J connectivity index is 2.85. The molecule has 0 saturated heterocycles. The van der Waals surface area contributed by atoms with Crippen LogP contribution in [-0.4, -0.2) is 17.0 Å². The van der Waals surface area contributed by atoms with Gasteiger partial charge in [-0.25, -0.2) is 0 Å². The summed E-state index contributed by atoms with van der Waals surface area (Å²) < 4.78 is 0. The molecule has 0 heterocycles. The van der Waals surface area contributed by atoms with Crippen molar-refractivity contribution >= 4 is 33.3 Å². The number of nitrogens with one attached hydrogen (secondary N) is 1. The summed E-state index contributed by atoms with van der Waals surface area (Å²) >= 11 is 3.09. The number of Topliss-reactive ketones (excluding diaryl/α,β-unsaturated/α-hetero) is 1. The lowest BCUT2D eigenvalue weighted by molar-refractivity contribution is -0.123. The van der Waals surface area contributed by atoms with Crippen LogP contribution in [0.1, 0.15) is 57.1 Å². The lowest BCUT2D eigenvalue weighted by atomic mass is 10.0. The van der Waals surface area contributed by atoms with Crippen LogP contribution in [0.3, 0.4) is 0 Å². The Hall–Kier alpha value is -1.16. The number of hydrogen-bond donors (Lipinski definition) is 1. The number of halogens is 1. The second-order valence-corrected chi connectivity index (χ2v) is 6.16. The van der Waals surface area contributed by atoms with E-state index in [0.29, 0.717) is 0 Å². The molecule has 1 rings (SSSR count). The zero-order valence-electron chi connectivity index (χ0n) is 13.6. The van der Waals surface area contributed by atoms with Crippen molar-refractivity contribution in [1.29, 1.82) is 0 Å². The van der Waals surface area contributed by atoms with Crippen LogP contribution in [0, 0.1) is 0 Å². The van der Waals surface area contributed by atoms with Gasteiger partial charge >= 0.3 is 0 Å². The first kappa shape index (κ1) is 18.9. The number of amides is 1. The van der Waals surface area contributed by atoms with Gasteiger partial charge in [0.1, 0.15) is 0 Å². The van der Waals surface area contributed by atoms with Crippen LogP contribution >= 0.6 is 15.9 Å². The summed E-state index contributed by atoms with van der Waals surface area (Å²) in [6, 6.07) is 6.33. The highest BCUT2D eigenvalue weighted by atomic mass is 79.9. The van der Waals surface area contributed by atoms with Crippen LogP contribution in [0.15, 0.2) is 18.2 Å². The number of carbonyl (C=O) groups excluding carboxylic acids is 2. The first-order chi connectivity index (χ1) is 10.6. The van der Waals surface area contributed by atoms with Crippen LogP contribution in [0.4, 0.5) is 5.69 Å². The summed E-state index contributed by atoms with van der Waals surface area (Å²) in [7, 11) is 0. The summed E-state index contributed by atoms with van der Waals surface area (Å²) in [5.74, 6) is -0.329. The fourth-order valence-electron chi connectivity index (χ4n) is 2.28. The minimum atomic E-state index is -0.227. The maximum Gasteiger partial charge on any atom is 0.231 e. The van der Waals surface area contributed by atoms with Gasteiger partial charge in [0, 0.05) is 5.69 Å². The van der Waals surface area contributed by atoms with Gasteiger partial charge < -0.3 is 5.32 Å². The molecule has 1 N–H and O–H groups in total. The van der Waals surface area contributed by atoms with Gasteiger partial charge in [-0.2, -0.15) is 0 Å². The van der Waals surface area contributed by atoms with Crippen molar-refractivity contribution in [2.24, 2.45) is 0 Å². The van der Waals surface area contributed by atoms with Crippen LogP contribution < -0.4 is 5.32 Å². The summed E-state index contributed by atoms with van der Waals surface area (Å²) in [5.41, 5.74) is 3.26. The van der Waals surface area contributed by atoms with E-state index in [4.69, 9.17) is 0 Å². The number of aryl methyl sites for hydroxylation is 2. The molecule has 0 radical (unpaired) electrons. The Morgan fingerprint density at radius 1 is 1.09 bits per heavy atom. The fraction of sp³-hybridized carbons (Fsp3) is 0.556. The van der Waals surface area contributed by atoms with Gasteiger partial charge in [-0.1, -0.05) is 54.8 Å². The Bertz CT molecular complexity index is 500. The van der Waals surface area contributed by atoms with E-state index in [0.717, 1.165) is 49.8 Å². The van der Waals surface area contributed by atoms with E-state index in [9.17, 15) is 9.59 Å². The van der Waals surface area contributed by atoms with E-state index >= 15 is 0 Å². The number of unbranched alkanes of at least 4 members (excludes halogenated alkanes) is 2. The lowest BCUT2D eigenvalue weighted by Gasteiger charge is -2.13. The van der Waals surface area contributed by atoms with E-state index in [2.05, 4.69) is 53.3 Å². The Morgan fingerprint density at radius 3 is 2.41 bits per heavy atom. The zero-order chi connectivity index (χ0) is 16.4. The molecular weight excluding hydrogens is 342 g/mol. The number of ketones is 1. The van der Waals surface area contributed by atoms with Crippen LogP contribution in [0.25, 0.3) is 0 Å². The number of alkyl halides is 1. The van der Waals surface area contributed by atoms with Crippen molar-refractivity contribution in [3.63, 3.8) is 0 Å². The smallest absolute Gasteiger partial charge is 0.231 e. The van der Waals surface area contributed by atoms with Gasteiger partial charge in [0.2, 0.25) is 5.91 Å². The van der Waals surface area contributed by atoms with E-state index in [1.165, 1.54) is 5.56 Å². The third-order valence-corrected chi connectivity index (χ3v) is 4.20. The molecular formula is C18H26BrNO2. The molecule has 3 nitrogen and oxygen atoms in total. The number of benzene rings is 1. The second kappa shape index (κ2) is 10.5. The van der Waals surface area contributed by atoms with Gasteiger partial charge in [0.25, 0.3) is 0 Å². The van der Waals surface area contributed by atoms with Gasteiger partial charge in [-0.05, 0) is 42.9 Å². The number of hydrogen-bond acceptors (Lipinski definition) is 2. The van der Waals surface area contributed by atoms with E-state index in [-0.39, 0.29) is 23.4 Å². The van der Waals surface area contributed by atoms with Gasteiger partial charge in [0.05, 0.1) is 11.8 Å². The number of rotatable bonds is 10. The average molecular weight is 368 g/mol. The molecule has 0 bridgehead atoms. The largest absolute Gasteiger partial charge is 0.325 e.